The zero-order valence-corrected chi connectivity index (χ0v) is 18.3. The molecule has 156 valence electrons. The molecule has 0 radical (unpaired) electrons. The Morgan fingerprint density at radius 3 is 2.18 bits per heavy atom. The monoisotopic (exact) mass is 386 g/mol. The molecule has 0 saturated carbocycles. The van der Waals surface area contributed by atoms with Crippen LogP contribution in [0.3, 0.4) is 0 Å². The summed E-state index contributed by atoms with van der Waals surface area (Å²) in [6.45, 7) is 11.8. The van der Waals surface area contributed by atoms with E-state index in [1.165, 1.54) is 24.0 Å². The summed E-state index contributed by atoms with van der Waals surface area (Å²) >= 11 is 0. The number of unbranched alkanes of at least 4 members (excludes halogenated alkanes) is 1. The number of amides is 2. The summed E-state index contributed by atoms with van der Waals surface area (Å²) in [5.41, 5.74) is 2.54. The molecular weight excluding hydrogens is 348 g/mol. The van der Waals surface area contributed by atoms with Crippen molar-refractivity contribution in [1.29, 1.82) is 0 Å². The van der Waals surface area contributed by atoms with E-state index in [0.29, 0.717) is 19.0 Å². The van der Waals surface area contributed by atoms with E-state index in [-0.39, 0.29) is 29.7 Å². The number of carbonyl (C=O) groups is 2. The number of carbonyl (C=O) groups excluding carboxylic acids is 2. The van der Waals surface area contributed by atoms with Crippen LogP contribution < -0.4 is 5.32 Å². The van der Waals surface area contributed by atoms with Crippen LogP contribution in [0.15, 0.2) is 24.3 Å². The molecule has 4 heteroatoms. The van der Waals surface area contributed by atoms with Gasteiger partial charge in [-0.25, -0.2) is 0 Å². The summed E-state index contributed by atoms with van der Waals surface area (Å²) in [5, 5.41) is 3.29. The van der Waals surface area contributed by atoms with Gasteiger partial charge in [0.05, 0.1) is 6.04 Å². The smallest absolute Gasteiger partial charge is 0.225 e. The minimum Gasteiger partial charge on any atom is -0.349 e. The summed E-state index contributed by atoms with van der Waals surface area (Å²) < 4.78 is 0. The van der Waals surface area contributed by atoms with Gasteiger partial charge in [0.25, 0.3) is 0 Å². The van der Waals surface area contributed by atoms with Crippen molar-refractivity contribution in [3.63, 3.8) is 0 Å². The van der Waals surface area contributed by atoms with Gasteiger partial charge >= 0.3 is 0 Å². The van der Waals surface area contributed by atoms with Gasteiger partial charge in [0, 0.05) is 24.9 Å². The molecule has 1 aromatic carbocycles. The minimum atomic E-state index is 0.00119. The molecule has 1 fully saturated rings. The molecule has 0 aromatic heterocycles. The van der Waals surface area contributed by atoms with Gasteiger partial charge in [-0.05, 0) is 42.7 Å². The Hall–Kier alpha value is -1.84. The third-order valence-electron chi connectivity index (χ3n) is 5.79. The number of hydrogen-bond acceptors (Lipinski definition) is 2. The minimum absolute atomic E-state index is 0.00119. The lowest BCUT2D eigenvalue weighted by Crippen LogP contribution is -2.45. The van der Waals surface area contributed by atoms with Crippen LogP contribution in [0, 0.1) is 17.8 Å². The maximum Gasteiger partial charge on any atom is 0.225 e. The predicted octanol–water partition coefficient (Wildman–Crippen LogP) is 4.74. The maximum atomic E-state index is 12.9. The molecule has 0 spiro atoms. The Morgan fingerprint density at radius 2 is 1.68 bits per heavy atom. The first kappa shape index (κ1) is 22.4. The van der Waals surface area contributed by atoms with Gasteiger partial charge in [0.1, 0.15) is 0 Å². The highest BCUT2D eigenvalue weighted by Gasteiger charge is 2.30. The van der Waals surface area contributed by atoms with E-state index < -0.39 is 0 Å². The Kier molecular flexibility index (Phi) is 8.53. The number of likely N-dealkylation sites (tertiary alicyclic amines) is 1. The fraction of sp³-hybridized carbons (Fsp3) is 0.667. The van der Waals surface area contributed by atoms with Crippen LogP contribution >= 0.6 is 0 Å². The van der Waals surface area contributed by atoms with Crippen LogP contribution in [0.5, 0.6) is 0 Å². The molecule has 4 nitrogen and oxygen atoms in total. The average molecular weight is 387 g/mol. The van der Waals surface area contributed by atoms with Crippen LogP contribution in [0.1, 0.15) is 77.5 Å². The van der Waals surface area contributed by atoms with Gasteiger partial charge in [0.2, 0.25) is 11.8 Å². The summed E-state index contributed by atoms with van der Waals surface area (Å²) in [6.07, 6.45) is 5.04. The SMILES string of the molecule is CCCCc1ccc(C(NC(=O)C2CCN(C(=O)C(C)C)CC2)C(C)C)cc1. The molecule has 0 bridgehead atoms. The Bertz CT molecular complexity index is 629. The first-order valence-electron chi connectivity index (χ1n) is 11.0. The van der Waals surface area contributed by atoms with E-state index in [4.69, 9.17) is 0 Å². The van der Waals surface area contributed by atoms with Crippen LogP contribution in [0.2, 0.25) is 0 Å². The van der Waals surface area contributed by atoms with Crippen LogP contribution in [0.4, 0.5) is 0 Å². The topological polar surface area (TPSA) is 49.4 Å². The van der Waals surface area contributed by atoms with E-state index in [9.17, 15) is 9.59 Å². The highest BCUT2D eigenvalue weighted by atomic mass is 16.2. The molecule has 0 aliphatic carbocycles. The fourth-order valence-corrected chi connectivity index (χ4v) is 3.91. The lowest BCUT2D eigenvalue weighted by molar-refractivity contribution is -0.138. The van der Waals surface area contributed by atoms with Gasteiger partial charge in [-0.15, -0.1) is 0 Å². The van der Waals surface area contributed by atoms with Crippen LogP contribution in [-0.4, -0.2) is 29.8 Å². The molecule has 1 atom stereocenters. The molecular formula is C24H38N2O2. The number of hydrogen-bond donors (Lipinski definition) is 1. The molecule has 2 amide bonds. The Labute approximate surface area is 171 Å². The second-order valence-corrected chi connectivity index (χ2v) is 8.83. The summed E-state index contributed by atoms with van der Waals surface area (Å²) in [5.74, 6) is 0.679. The number of nitrogens with one attached hydrogen (secondary N) is 1. The lowest BCUT2D eigenvalue weighted by atomic mass is 9.91. The number of aryl methyl sites for hydroxylation is 1. The highest BCUT2D eigenvalue weighted by Crippen LogP contribution is 2.25. The van der Waals surface area contributed by atoms with Gasteiger partial charge in [0.15, 0.2) is 0 Å². The van der Waals surface area contributed by atoms with Crippen LogP contribution in [-0.2, 0) is 16.0 Å². The maximum absolute atomic E-state index is 12.9. The predicted molar refractivity (Wildman–Crippen MR) is 115 cm³/mol. The zero-order valence-electron chi connectivity index (χ0n) is 18.3. The third-order valence-corrected chi connectivity index (χ3v) is 5.79. The second-order valence-electron chi connectivity index (χ2n) is 8.83. The summed E-state index contributed by atoms with van der Waals surface area (Å²) in [6, 6.07) is 8.76. The number of piperidine rings is 1. The zero-order chi connectivity index (χ0) is 20.7. The molecule has 2 rings (SSSR count). The Morgan fingerprint density at radius 1 is 1.07 bits per heavy atom. The van der Waals surface area contributed by atoms with Crippen molar-refractivity contribution >= 4 is 11.8 Å². The lowest BCUT2D eigenvalue weighted by Gasteiger charge is -2.33. The third kappa shape index (κ3) is 6.08. The largest absolute Gasteiger partial charge is 0.349 e. The molecule has 1 N–H and O–H groups in total. The number of rotatable bonds is 8. The number of benzene rings is 1. The van der Waals surface area contributed by atoms with Gasteiger partial charge < -0.3 is 10.2 Å². The average Bonchev–Trinajstić information content (AvgIpc) is 2.70. The van der Waals surface area contributed by atoms with E-state index in [2.05, 4.69) is 50.4 Å². The van der Waals surface area contributed by atoms with E-state index in [1.807, 2.05) is 18.7 Å². The van der Waals surface area contributed by atoms with E-state index in [0.717, 1.165) is 19.3 Å². The normalized spacial score (nSPS) is 16.5. The quantitative estimate of drug-likeness (QED) is 0.702. The first-order chi connectivity index (χ1) is 13.3. The van der Waals surface area contributed by atoms with Gasteiger partial charge in [-0.2, -0.15) is 0 Å². The van der Waals surface area contributed by atoms with E-state index in [1.54, 1.807) is 0 Å². The van der Waals surface area contributed by atoms with Crippen molar-refractivity contribution in [2.45, 2.75) is 72.8 Å². The molecule has 28 heavy (non-hydrogen) atoms. The number of nitrogens with zero attached hydrogens (tertiary/aromatic N) is 1. The van der Waals surface area contributed by atoms with Gasteiger partial charge in [-0.1, -0.05) is 65.3 Å². The standard InChI is InChI=1S/C24H38N2O2/c1-6-7-8-19-9-11-20(12-10-19)22(17(2)3)25-23(27)21-13-15-26(16-14-21)24(28)18(4)5/h9-12,17-18,21-22H,6-8,13-16H2,1-5H3,(H,25,27). The molecule has 1 aliphatic heterocycles. The molecule has 1 unspecified atom stereocenters. The van der Waals surface area contributed by atoms with Crippen LogP contribution in [0.25, 0.3) is 0 Å². The molecule has 1 saturated heterocycles. The fourth-order valence-electron chi connectivity index (χ4n) is 3.91. The summed E-state index contributed by atoms with van der Waals surface area (Å²) in [7, 11) is 0. The second kappa shape index (κ2) is 10.6. The van der Waals surface area contributed by atoms with Crippen molar-refractivity contribution in [3.05, 3.63) is 35.4 Å². The van der Waals surface area contributed by atoms with Gasteiger partial charge in [-0.3, -0.25) is 9.59 Å². The molecule has 1 heterocycles. The van der Waals surface area contributed by atoms with Crippen molar-refractivity contribution in [2.75, 3.05) is 13.1 Å². The highest BCUT2D eigenvalue weighted by molar-refractivity contribution is 5.81. The summed E-state index contributed by atoms with van der Waals surface area (Å²) in [4.78, 5) is 26.9. The van der Waals surface area contributed by atoms with Crippen molar-refractivity contribution in [2.24, 2.45) is 17.8 Å². The molecule has 1 aromatic rings. The van der Waals surface area contributed by atoms with Crippen molar-refractivity contribution in [3.8, 4) is 0 Å². The van der Waals surface area contributed by atoms with Crippen molar-refractivity contribution < 1.29 is 9.59 Å². The first-order valence-corrected chi connectivity index (χ1v) is 11.0. The molecule has 1 aliphatic rings. The van der Waals surface area contributed by atoms with Crippen molar-refractivity contribution in [1.82, 2.24) is 10.2 Å². The van der Waals surface area contributed by atoms with E-state index >= 15 is 0 Å². The Balaban J connectivity index is 1.95.